The molecule has 1 saturated heterocycles. The number of anilines is 2. The van der Waals surface area contributed by atoms with Crippen LogP contribution in [0.25, 0.3) is 28.0 Å². The number of amides is 1. The molecule has 192 valence electrons. The summed E-state index contributed by atoms with van der Waals surface area (Å²) in [5.74, 6) is 0.241. The summed E-state index contributed by atoms with van der Waals surface area (Å²) >= 11 is 0. The number of hydrogen-bond acceptors (Lipinski definition) is 5. The first-order valence-electron chi connectivity index (χ1n) is 12.2. The van der Waals surface area contributed by atoms with Crippen LogP contribution < -0.4 is 16.0 Å². The minimum atomic E-state index is -4.54. The molecule has 0 aliphatic carbocycles. The molecule has 2 aliphatic rings. The molecule has 0 atom stereocenters. The molecule has 37 heavy (non-hydrogen) atoms. The van der Waals surface area contributed by atoms with Gasteiger partial charge in [-0.1, -0.05) is 30.8 Å². The van der Waals surface area contributed by atoms with E-state index in [9.17, 15) is 18.0 Å². The number of nitrogen functional groups attached to an aromatic ring is 1. The zero-order valence-electron chi connectivity index (χ0n) is 20.5. The third-order valence-electron chi connectivity index (χ3n) is 7.09. The van der Waals surface area contributed by atoms with Gasteiger partial charge < -0.3 is 20.9 Å². The number of carbonyl (C=O) groups excluding carboxylic acids is 1. The molecule has 9 heteroatoms. The quantitative estimate of drug-likeness (QED) is 0.533. The van der Waals surface area contributed by atoms with Crippen LogP contribution in [0.15, 0.2) is 55.2 Å². The standard InChI is InChI=1S/C28H28F3N5O/c1-17-23-5-3-20(13-21(23)7-8-33-17)24-14-22(16-34-27(24)32)19-4-6-26(25(15-19)28(29,30)31)36-11-9-35(10-12-36)18(2)37/h3-6,13-16,33H,1,7-12H2,2H3,(H2,32,34). The van der Waals surface area contributed by atoms with Crippen LogP contribution in [0.5, 0.6) is 0 Å². The van der Waals surface area contributed by atoms with Crippen LogP contribution in [0.4, 0.5) is 24.7 Å². The molecule has 0 unspecified atom stereocenters. The number of nitrogens with two attached hydrogens (primary N) is 1. The number of halogens is 3. The highest BCUT2D eigenvalue weighted by atomic mass is 19.4. The third kappa shape index (κ3) is 4.85. The largest absolute Gasteiger partial charge is 0.418 e. The molecule has 2 aromatic carbocycles. The molecule has 1 aromatic heterocycles. The molecule has 0 saturated carbocycles. The maximum absolute atomic E-state index is 14.2. The lowest BCUT2D eigenvalue weighted by molar-refractivity contribution is -0.137. The molecule has 3 aromatic rings. The first-order valence-corrected chi connectivity index (χ1v) is 12.2. The van der Waals surface area contributed by atoms with Crippen molar-refractivity contribution in [2.45, 2.75) is 19.5 Å². The van der Waals surface area contributed by atoms with E-state index >= 15 is 0 Å². The van der Waals surface area contributed by atoms with Crippen molar-refractivity contribution in [2.24, 2.45) is 0 Å². The molecule has 0 radical (unpaired) electrons. The Balaban J connectivity index is 1.50. The number of benzene rings is 2. The van der Waals surface area contributed by atoms with E-state index in [1.165, 1.54) is 25.3 Å². The van der Waals surface area contributed by atoms with Crippen LogP contribution in [0.1, 0.15) is 23.6 Å². The number of carbonyl (C=O) groups is 1. The van der Waals surface area contributed by atoms with E-state index in [0.717, 1.165) is 35.4 Å². The average Bonchev–Trinajstić information content (AvgIpc) is 2.88. The number of pyridine rings is 1. The van der Waals surface area contributed by atoms with Crippen LogP contribution in [-0.4, -0.2) is 48.5 Å². The molecule has 5 rings (SSSR count). The molecule has 0 bridgehead atoms. The fourth-order valence-electron chi connectivity index (χ4n) is 5.05. The zero-order chi connectivity index (χ0) is 26.3. The van der Waals surface area contributed by atoms with E-state index in [-0.39, 0.29) is 11.6 Å². The van der Waals surface area contributed by atoms with E-state index in [1.807, 2.05) is 18.2 Å². The van der Waals surface area contributed by atoms with Gasteiger partial charge in [-0.05, 0) is 41.3 Å². The van der Waals surface area contributed by atoms with Gasteiger partial charge in [-0.3, -0.25) is 4.79 Å². The lowest BCUT2D eigenvalue weighted by Crippen LogP contribution is -2.48. The summed E-state index contributed by atoms with van der Waals surface area (Å²) in [7, 11) is 0. The predicted octanol–water partition coefficient (Wildman–Crippen LogP) is 4.80. The smallest absolute Gasteiger partial charge is 0.385 e. The van der Waals surface area contributed by atoms with E-state index in [4.69, 9.17) is 5.73 Å². The first-order chi connectivity index (χ1) is 17.6. The van der Waals surface area contributed by atoms with E-state index < -0.39 is 11.7 Å². The van der Waals surface area contributed by atoms with Gasteiger partial charge in [0.25, 0.3) is 0 Å². The second kappa shape index (κ2) is 9.46. The number of aromatic nitrogens is 1. The van der Waals surface area contributed by atoms with Gasteiger partial charge in [0.1, 0.15) is 5.82 Å². The van der Waals surface area contributed by atoms with Crippen molar-refractivity contribution in [3.05, 3.63) is 71.9 Å². The highest BCUT2D eigenvalue weighted by Gasteiger charge is 2.36. The van der Waals surface area contributed by atoms with Crippen LogP contribution >= 0.6 is 0 Å². The topological polar surface area (TPSA) is 74.5 Å². The molecule has 2 aliphatic heterocycles. The Kier molecular flexibility index (Phi) is 6.31. The fourth-order valence-corrected chi connectivity index (χ4v) is 5.05. The number of hydrogen-bond donors (Lipinski definition) is 2. The third-order valence-corrected chi connectivity index (χ3v) is 7.09. The molecule has 3 heterocycles. The van der Waals surface area contributed by atoms with Crippen molar-refractivity contribution < 1.29 is 18.0 Å². The van der Waals surface area contributed by atoms with Crippen molar-refractivity contribution >= 4 is 23.1 Å². The maximum Gasteiger partial charge on any atom is 0.418 e. The number of rotatable bonds is 3. The van der Waals surface area contributed by atoms with Gasteiger partial charge in [0.15, 0.2) is 0 Å². The van der Waals surface area contributed by atoms with Gasteiger partial charge in [0.2, 0.25) is 5.91 Å². The average molecular weight is 508 g/mol. The van der Waals surface area contributed by atoms with Crippen molar-refractivity contribution in [1.82, 2.24) is 15.2 Å². The molecule has 3 N–H and O–H groups in total. The number of nitrogens with zero attached hydrogens (tertiary/aromatic N) is 3. The number of nitrogens with one attached hydrogen (secondary N) is 1. The highest BCUT2D eigenvalue weighted by Crippen LogP contribution is 2.40. The molecule has 6 nitrogen and oxygen atoms in total. The van der Waals surface area contributed by atoms with E-state index in [2.05, 4.69) is 16.9 Å². The second-order valence-electron chi connectivity index (χ2n) is 9.41. The Hall–Kier alpha value is -4.01. The molecular weight excluding hydrogens is 479 g/mol. The SMILES string of the molecule is C=C1NCCc2cc(-c3cc(-c4ccc(N5CCN(C(C)=O)CC5)c(C(F)(F)F)c4)cnc3N)ccc21. The number of piperazine rings is 1. The van der Waals surface area contributed by atoms with Gasteiger partial charge in [-0.15, -0.1) is 0 Å². The lowest BCUT2D eigenvalue weighted by Gasteiger charge is -2.36. The second-order valence-corrected chi connectivity index (χ2v) is 9.41. The van der Waals surface area contributed by atoms with Crippen molar-refractivity contribution in [1.29, 1.82) is 0 Å². The Morgan fingerprint density at radius 2 is 1.73 bits per heavy atom. The van der Waals surface area contributed by atoms with Gasteiger partial charge >= 0.3 is 6.18 Å². The summed E-state index contributed by atoms with van der Waals surface area (Å²) in [5, 5.41) is 3.25. The van der Waals surface area contributed by atoms with Gasteiger partial charge in [-0.25, -0.2) is 4.98 Å². The summed E-state index contributed by atoms with van der Waals surface area (Å²) in [4.78, 5) is 19.3. The van der Waals surface area contributed by atoms with Crippen molar-refractivity contribution in [2.75, 3.05) is 43.4 Å². The van der Waals surface area contributed by atoms with Crippen molar-refractivity contribution in [3.63, 3.8) is 0 Å². The number of fused-ring (bicyclic) bond motifs is 1. The molecule has 1 amide bonds. The van der Waals surface area contributed by atoms with Crippen LogP contribution in [0, 0.1) is 0 Å². The molecule has 0 spiro atoms. The summed E-state index contributed by atoms with van der Waals surface area (Å²) in [5.41, 5.74) is 11.1. The summed E-state index contributed by atoms with van der Waals surface area (Å²) < 4.78 is 42.5. The Labute approximate surface area is 213 Å². The normalized spacial score (nSPS) is 15.8. The first kappa shape index (κ1) is 24.7. The van der Waals surface area contributed by atoms with Gasteiger partial charge in [0, 0.05) is 73.9 Å². The van der Waals surface area contributed by atoms with Crippen LogP contribution in [-0.2, 0) is 17.4 Å². The van der Waals surface area contributed by atoms with Crippen molar-refractivity contribution in [3.8, 4) is 22.3 Å². The summed E-state index contributed by atoms with van der Waals surface area (Å²) in [6, 6.07) is 12.1. The summed E-state index contributed by atoms with van der Waals surface area (Å²) in [6.45, 7) is 7.78. The minimum absolute atomic E-state index is 0.0711. The monoisotopic (exact) mass is 507 g/mol. The Morgan fingerprint density at radius 1 is 1.00 bits per heavy atom. The fraction of sp³-hybridized carbons (Fsp3) is 0.286. The van der Waals surface area contributed by atoms with E-state index in [1.54, 1.807) is 21.9 Å². The maximum atomic E-state index is 14.2. The highest BCUT2D eigenvalue weighted by molar-refractivity contribution is 5.82. The van der Waals surface area contributed by atoms with Crippen LogP contribution in [0.3, 0.4) is 0 Å². The van der Waals surface area contributed by atoms with Gasteiger partial charge in [-0.2, -0.15) is 13.2 Å². The Morgan fingerprint density at radius 3 is 2.43 bits per heavy atom. The Bertz CT molecular complexity index is 1380. The zero-order valence-corrected chi connectivity index (χ0v) is 20.5. The molecule has 1 fully saturated rings. The predicted molar refractivity (Wildman–Crippen MR) is 140 cm³/mol. The van der Waals surface area contributed by atoms with E-state index in [0.29, 0.717) is 48.7 Å². The summed E-state index contributed by atoms with van der Waals surface area (Å²) in [6.07, 6.45) is -2.20. The minimum Gasteiger partial charge on any atom is -0.385 e. The molecular formula is C28H28F3N5O. The van der Waals surface area contributed by atoms with Crippen LogP contribution in [0.2, 0.25) is 0 Å². The van der Waals surface area contributed by atoms with Gasteiger partial charge in [0.05, 0.1) is 5.56 Å². The number of alkyl halides is 3. The lowest BCUT2D eigenvalue weighted by atomic mass is 9.93.